The number of allylic oxidation sites excluding steroid dienone is 2. The highest BCUT2D eigenvalue weighted by atomic mass is 16.5. The van der Waals surface area contributed by atoms with Crippen LogP contribution >= 0.6 is 0 Å². The molecule has 94 valence electrons. The molecule has 0 saturated carbocycles. The highest BCUT2D eigenvalue weighted by Gasteiger charge is 2.03. The summed E-state index contributed by atoms with van der Waals surface area (Å²) < 4.78 is 5.63. The van der Waals surface area contributed by atoms with Crippen molar-refractivity contribution in [1.29, 1.82) is 0 Å². The third-order valence-electron chi connectivity index (χ3n) is 2.56. The van der Waals surface area contributed by atoms with Crippen LogP contribution < -0.4 is 0 Å². The van der Waals surface area contributed by atoms with Crippen molar-refractivity contribution in [2.24, 2.45) is 0 Å². The largest absolute Gasteiger partial charge is 0.378 e. The number of unbranched alkanes of at least 4 members (excludes halogenated alkanes) is 3. The Kier molecular flexibility index (Phi) is 10.4. The molecule has 16 heavy (non-hydrogen) atoms. The summed E-state index contributed by atoms with van der Waals surface area (Å²) in [7, 11) is 0. The fourth-order valence-corrected chi connectivity index (χ4v) is 1.48. The smallest absolute Gasteiger partial charge is 0.129 e. The molecular weight excluding hydrogens is 200 g/mol. The van der Waals surface area contributed by atoms with E-state index in [4.69, 9.17) is 4.74 Å². The van der Waals surface area contributed by atoms with Crippen LogP contribution in [0.1, 0.15) is 59.3 Å². The highest BCUT2D eigenvalue weighted by molar-refractivity contribution is 5.75. The summed E-state index contributed by atoms with van der Waals surface area (Å²) in [5, 5.41) is 0. The molecule has 0 aromatic rings. The molecule has 0 aliphatic carbocycles. The Bertz CT molecular complexity index is 197. The zero-order valence-corrected chi connectivity index (χ0v) is 11.0. The molecule has 2 nitrogen and oxygen atoms in total. The second kappa shape index (κ2) is 10.9. The van der Waals surface area contributed by atoms with Crippen molar-refractivity contribution >= 4 is 5.78 Å². The van der Waals surface area contributed by atoms with E-state index in [1.54, 1.807) is 6.92 Å². The van der Waals surface area contributed by atoms with Crippen LogP contribution in [-0.2, 0) is 9.53 Å². The predicted octanol–water partition coefficient (Wildman–Crippen LogP) is 3.90. The Labute approximate surface area is 100 Å². The van der Waals surface area contributed by atoms with Crippen LogP contribution in [0.3, 0.4) is 0 Å². The van der Waals surface area contributed by atoms with Gasteiger partial charge in [-0.05, 0) is 46.5 Å². The van der Waals surface area contributed by atoms with Crippen molar-refractivity contribution in [3.8, 4) is 0 Å². The fraction of sp³-hybridized carbons (Fsp3) is 0.786. The predicted molar refractivity (Wildman–Crippen MR) is 68.6 cm³/mol. The molecule has 0 bridgehead atoms. The van der Waals surface area contributed by atoms with E-state index in [2.05, 4.69) is 19.1 Å². The number of ether oxygens (including phenoxy) is 1. The first-order valence-electron chi connectivity index (χ1n) is 6.39. The number of Topliss-reactive ketones (excluding diaryl/α,β-unsaturated/α-hetero) is 1. The average molecular weight is 226 g/mol. The first kappa shape index (κ1) is 15.4. The van der Waals surface area contributed by atoms with Crippen molar-refractivity contribution in [1.82, 2.24) is 0 Å². The van der Waals surface area contributed by atoms with Gasteiger partial charge in [0.2, 0.25) is 0 Å². The molecule has 0 aliphatic rings. The number of carbonyl (C=O) groups excluding carboxylic acids is 1. The fourth-order valence-electron chi connectivity index (χ4n) is 1.48. The third kappa shape index (κ3) is 11.4. The quantitative estimate of drug-likeness (QED) is 0.417. The zero-order chi connectivity index (χ0) is 12.2. The van der Waals surface area contributed by atoms with Crippen LogP contribution in [0.25, 0.3) is 0 Å². The summed E-state index contributed by atoms with van der Waals surface area (Å²) in [6, 6.07) is 0. The lowest BCUT2D eigenvalue weighted by atomic mass is 10.1. The summed E-state index contributed by atoms with van der Waals surface area (Å²) in [4.78, 5) is 10.8. The normalized spacial score (nSPS) is 13.2. The average Bonchev–Trinajstić information content (AvgIpc) is 2.25. The molecule has 1 unspecified atom stereocenters. The molecule has 0 amide bonds. The van der Waals surface area contributed by atoms with Gasteiger partial charge in [0, 0.05) is 13.0 Å². The molecule has 0 rings (SSSR count). The maximum absolute atomic E-state index is 10.8. The van der Waals surface area contributed by atoms with Crippen molar-refractivity contribution < 1.29 is 9.53 Å². The third-order valence-corrected chi connectivity index (χ3v) is 2.56. The molecule has 2 heteroatoms. The lowest BCUT2D eigenvalue weighted by molar-refractivity contribution is -0.117. The highest BCUT2D eigenvalue weighted by Crippen LogP contribution is 2.05. The Morgan fingerprint density at radius 1 is 1.31 bits per heavy atom. The minimum absolute atomic E-state index is 0.222. The van der Waals surface area contributed by atoms with E-state index < -0.39 is 0 Å². The summed E-state index contributed by atoms with van der Waals surface area (Å²) in [5.74, 6) is 0.252. The summed E-state index contributed by atoms with van der Waals surface area (Å²) >= 11 is 0. The van der Waals surface area contributed by atoms with E-state index in [-0.39, 0.29) is 11.9 Å². The van der Waals surface area contributed by atoms with Crippen LogP contribution in [0, 0.1) is 0 Å². The second-order valence-corrected chi connectivity index (χ2v) is 4.34. The van der Waals surface area contributed by atoms with Gasteiger partial charge in [0.05, 0.1) is 6.10 Å². The SMILES string of the molecule is CC=CCCCCCOC(C)CCC(C)=O. The molecule has 0 aromatic carbocycles. The van der Waals surface area contributed by atoms with Crippen molar-refractivity contribution in [3.63, 3.8) is 0 Å². The van der Waals surface area contributed by atoms with Gasteiger partial charge < -0.3 is 9.53 Å². The van der Waals surface area contributed by atoms with Crippen molar-refractivity contribution in [2.75, 3.05) is 6.61 Å². The molecule has 0 N–H and O–H groups in total. The second-order valence-electron chi connectivity index (χ2n) is 4.34. The molecule has 0 aliphatic heterocycles. The minimum Gasteiger partial charge on any atom is -0.378 e. The maximum Gasteiger partial charge on any atom is 0.129 e. The number of rotatable bonds is 10. The van der Waals surface area contributed by atoms with Gasteiger partial charge in [0.15, 0.2) is 0 Å². The lowest BCUT2D eigenvalue weighted by Gasteiger charge is -2.11. The Balaban J connectivity index is 3.21. The molecule has 1 atom stereocenters. The standard InChI is InChI=1S/C14H26O2/c1-4-5-6-7-8-9-12-16-14(3)11-10-13(2)15/h4-5,14H,6-12H2,1-3H3. The zero-order valence-electron chi connectivity index (χ0n) is 11.0. The Morgan fingerprint density at radius 2 is 2.06 bits per heavy atom. The number of carbonyl (C=O) groups is 1. The maximum atomic E-state index is 10.8. The monoisotopic (exact) mass is 226 g/mol. The van der Waals surface area contributed by atoms with Crippen molar-refractivity contribution in [3.05, 3.63) is 12.2 Å². The van der Waals surface area contributed by atoms with Gasteiger partial charge in [-0.2, -0.15) is 0 Å². The molecule has 0 fully saturated rings. The van der Waals surface area contributed by atoms with E-state index in [1.807, 2.05) is 6.92 Å². The van der Waals surface area contributed by atoms with Crippen molar-refractivity contribution in [2.45, 2.75) is 65.4 Å². The van der Waals surface area contributed by atoms with E-state index in [1.165, 1.54) is 19.3 Å². The Morgan fingerprint density at radius 3 is 2.69 bits per heavy atom. The lowest BCUT2D eigenvalue weighted by Crippen LogP contribution is -2.10. The van der Waals surface area contributed by atoms with Crippen LogP contribution in [0.5, 0.6) is 0 Å². The van der Waals surface area contributed by atoms with Gasteiger partial charge in [0.1, 0.15) is 5.78 Å². The molecule has 0 heterocycles. The van der Waals surface area contributed by atoms with Gasteiger partial charge in [-0.3, -0.25) is 0 Å². The number of hydrogen-bond acceptors (Lipinski definition) is 2. The molecule has 0 spiro atoms. The molecule has 0 aromatic heterocycles. The van der Waals surface area contributed by atoms with Gasteiger partial charge in [-0.15, -0.1) is 0 Å². The molecular formula is C14H26O2. The van der Waals surface area contributed by atoms with E-state index in [9.17, 15) is 4.79 Å². The van der Waals surface area contributed by atoms with Gasteiger partial charge in [0.25, 0.3) is 0 Å². The van der Waals surface area contributed by atoms with E-state index in [0.29, 0.717) is 6.42 Å². The summed E-state index contributed by atoms with van der Waals surface area (Å²) in [5.41, 5.74) is 0. The first-order chi connectivity index (χ1) is 7.66. The Hall–Kier alpha value is -0.630. The minimum atomic E-state index is 0.222. The number of hydrogen-bond donors (Lipinski definition) is 0. The summed E-state index contributed by atoms with van der Waals surface area (Å²) in [6.07, 6.45) is 10.8. The van der Waals surface area contributed by atoms with Gasteiger partial charge in [-0.25, -0.2) is 0 Å². The topological polar surface area (TPSA) is 26.3 Å². The number of ketones is 1. The van der Waals surface area contributed by atoms with Gasteiger partial charge in [-0.1, -0.05) is 18.6 Å². The van der Waals surface area contributed by atoms with Crippen LogP contribution in [0.15, 0.2) is 12.2 Å². The first-order valence-corrected chi connectivity index (χ1v) is 6.39. The van der Waals surface area contributed by atoms with Crippen LogP contribution in [-0.4, -0.2) is 18.5 Å². The van der Waals surface area contributed by atoms with Crippen LogP contribution in [0.4, 0.5) is 0 Å². The molecule has 0 radical (unpaired) electrons. The van der Waals surface area contributed by atoms with E-state index >= 15 is 0 Å². The van der Waals surface area contributed by atoms with Crippen LogP contribution in [0.2, 0.25) is 0 Å². The summed E-state index contributed by atoms with van der Waals surface area (Å²) in [6.45, 7) is 6.56. The molecule has 0 saturated heterocycles. The van der Waals surface area contributed by atoms with E-state index in [0.717, 1.165) is 19.4 Å². The van der Waals surface area contributed by atoms with Gasteiger partial charge >= 0.3 is 0 Å².